The highest BCUT2D eigenvalue weighted by Gasteiger charge is 2.42. The van der Waals surface area contributed by atoms with Crippen molar-refractivity contribution in [2.75, 3.05) is 0 Å². The molecule has 2 bridgehead atoms. The number of hydrogen-bond acceptors (Lipinski definition) is 5. The van der Waals surface area contributed by atoms with Gasteiger partial charge >= 0.3 is 0 Å². The lowest BCUT2D eigenvalue weighted by Gasteiger charge is -2.39. The van der Waals surface area contributed by atoms with E-state index >= 15 is 0 Å². The molecule has 1 saturated carbocycles. The third-order valence-electron chi connectivity index (χ3n) is 6.60. The Morgan fingerprint density at radius 2 is 2.07 bits per heavy atom. The van der Waals surface area contributed by atoms with Gasteiger partial charge in [0.15, 0.2) is 4.80 Å². The van der Waals surface area contributed by atoms with E-state index in [1.165, 1.54) is 37.0 Å². The van der Waals surface area contributed by atoms with Gasteiger partial charge in [-0.1, -0.05) is 42.4 Å². The molecule has 1 fully saturated rings. The van der Waals surface area contributed by atoms with Gasteiger partial charge in [0, 0.05) is 23.7 Å². The fourth-order valence-corrected chi connectivity index (χ4v) is 6.19. The zero-order valence-electron chi connectivity index (χ0n) is 17.2. The highest BCUT2D eigenvalue weighted by molar-refractivity contribution is 7.07. The third kappa shape index (κ3) is 2.71. The number of nitrogens with zero attached hydrogens (tertiary/aromatic N) is 4. The van der Waals surface area contributed by atoms with Crippen LogP contribution in [0.3, 0.4) is 0 Å². The Balaban J connectivity index is 1.49. The maximum Gasteiger partial charge on any atom is 0.270 e. The highest BCUT2D eigenvalue weighted by atomic mass is 32.1. The summed E-state index contributed by atoms with van der Waals surface area (Å²) in [4.78, 5) is 19.0. The molecular formula is C23H24N4O2S. The molecule has 6 nitrogen and oxygen atoms in total. The normalized spacial score (nSPS) is 25.5. The second-order valence-electron chi connectivity index (χ2n) is 8.80. The number of fused-ring (bicyclic) bond motifs is 6. The van der Waals surface area contributed by atoms with Crippen LogP contribution in [0.5, 0.6) is 5.75 Å². The summed E-state index contributed by atoms with van der Waals surface area (Å²) in [7, 11) is 0. The molecule has 0 amide bonds. The van der Waals surface area contributed by atoms with E-state index in [1.807, 2.05) is 42.7 Å². The van der Waals surface area contributed by atoms with Gasteiger partial charge in [-0.05, 0) is 38.8 Å². The molecule has 0 spiro atoms. The first-order valence-electron chi connectivity index (χ1n) is 10.7. The molecule has 1 aromatic carbocycles. The lowest BCUT2D eigenvalue weighted by atomic mass is 9.93. The average Bonchev–Trinajstić information content (AvgIpc) is 3.42. The van der Waals surface area contributed by atoms with Crippen molar-refractivity contribution >= 4 is 17.4 Å². The standard InChI is InChI=1S/C23H24N4O2S/c1-14-15(13-26(25-14)16-7-3-4-8-16)11-20-21(28)27-18-12-23(2,24-22(27)30-20)29-19-10-6-5-9-17(18)19/h5-6,9-11,13,16,18H,3-4,7-8,12H2,1-2H3. The molecule has 4 heterocycles. The van der Waals surface area contributed by atoms with Gasteiger partial charge < -0.3 is 4.74 Å². The fourth-order valence-electron chi connectivity index (χ4n) is 5.07. The van der Waals surface area contributed by atoms with Crippen molar-refractivity contribution in [2.24, 2.45) is 4.99 Å². The minimum atomic E-state index is -0.628. The largest absolute Gasteiger partial charge is 0.466 e. The first kappa shape index (κ1) is 18.1. The molecule has 3 aliphatic rings. The van der Waals surface area contributed by atoms with Crippen LogP contribution in [-0.2, 0) is 0 Å². The van der Waals surface area contributed by atoms with Crippen molar-refractivity contribution in [2.45, 2.75) is 63.8 Å². The molecule has 7 heteroatoms. The molecule has 2 aromatic heterocycles. The molecule has 2 unspecified atom stereocenters. The monoisotopic (exact) mass is 420 g/mol. The smallest absolute Gasteiger partial charge is 0.270 e. The molecule has 30 heavy (non-hydrogen) atoms. The summed E-state index contributed by atoms with van der Waals surface area (Å²) in [5.41, 5.74) is 2.44. The Morgan fingerprint density at radius 1 is 1.27 bits per heavy atom. The van der Waals surface area contributed by atoms with Gasteiger partial charge in [-0.25, -0.2) is 4.99 Å². The molecule has 154 valence electrons. The zero-order chi connectivity index (χ0) is 20.5. The zero-order valence-corrected chi connectivity index (χ0v) is 18.0. The first-order valence-corrected chi connectivity index (χ1v) is 11.5. The summed E-state index contributed by atoms with van der Waals surface area (Å²) < 4.78 is 10.9. The van der Waals surface area contributed by atoms with Crippen LogP contribution in [-0.4, -0.2) is 20.1 Å². The van der Waals surface area contributed by atoms with E-state index in [9.17, 15) is 4.79 Å². The Kier molecular flexibility index (Phi) is 3.87. The number of para-hydroxylation sites is 1. The van der Waals surface area contributed by atoms with Gasteiger partial charge in [0.05, 0.1) is 22.3 Å². The van der Waals surface area contributed by atoms with Crippen LogP contribution in [0.1, 0.15) is 67.9 Å². The van der Waals surface area contributed by atoms with E-state index in [0.717, 1.165) is 27.4 Å². The Hall–Kier alpha value is -2.67. The van der Waals surface area contributed by atoms with E-state index in [1.54, 1.807) is 0 Å². The number of rotatable bonds is 2. The Labute approximate surface area is 178 Å². The second kappa shape index (κ2) is 6.41. The van der Waals surface area contributed by atoms with Crippen LogP contribution in [0.2, 0.25) is 0 Å². The van der Waals surface area contributed by atoms with Crippen LogP contribution in [0.4, 0.5) is 0 Å². The fraction of sp³-hybridized carbons (Fsp3) is 0.435. The number of benzene rings is 1. The minimum Gasteiger partial charge on any atom is -0.466 e. The topological polar surface area (TPSA) is 61.4 Å². The van der Waals surface area contributed by atoms with Crippen molar-refractivity contribution < 1.29 is 4.74 Å². The predicted octanol–water partition coefficient (Wildman–Crippen LogP) is 3.08. The molecule has 3 aromatic rings. The third-order valence-corrected chi connectivity index (χ3v) is 7.58. The Morgan fingerprint density at radius 3 is 2.90 bits per heavy atom. The van der Waals surface area contributed by atoms with Crippen molar-refractivity contribution in [1.82, 2.24) is 14.3 Å². The number of ether oxygens (including phenoxy) is 1. The van der Waals surface area contributed by atoms with E-state index < -0.39 is 5.72 Å². The summed E-state index contributed by atoms with van der Waals surface area (Å²) in [6.45, 7) is 4.02. The molecule has 0 N–H and O–H groups in total. The predicted molar refractivity (Wildman–Crippen MR) is 116 cm³/mol. The van der Waals surface area contributed by atoms with E-state index in [4.69, 9.17) is 14.8 Å². The van der Waals surface area contributed by atoms with Crippen molar-refractivity contribution in [3.8, 4) is 5.75 Å². The van der Waals surface area contributed by atoms with Gasteiger partial charge in [-0.2, -0.15) is 5.10 Å². The number of aromatic nitrogens is 3. The summed E-state index contributed by atoms with van der Waals surface area (Å²) in [5, 5.41) is 4.73. The molecule has 0 saturated heterocycles. The average molecular weight is 421 g/mol. The molecular weight excluding hydrogens is 396 g/mol. The summed E-state index contributed by atoms with van der Waals surface area (Å²) in [5.74, 6) is 0.822. The van der Waals surface area contributed by atoms with Gasteiger partial charge in [-0.3, -0.25) is 14.0 Å². The number of hydrogen-bond donors (Lipinski definition) is 0. The summed E-state index contributed by atoms with van der Waals surface area (Å²) in [6, 6.07) is 8.43. The maximum atomic E-state index is 13.4. The van der Waals surface area contributed by atoms with Crippen LogP contribution < -0.4 is 19.6 Å². The van der Waals surface area contributed by atoms with Gasteiger partial charge in [0.25, 0.3) is 5.56 Å². The van der Waals surface area contributed by atoms with Crippen molar-refractivity contribution in [3.05, 3.63) is 67.0 Å². The molecule has 2 aliphatic heterocycles. The molecule has 6 rings (SSSR count). The van der Waals surface area contributed by atoms with Crippen LogP contribution in [0.15, 0.2) is 40.2 Å². The van der Waals surface area contributed by atoms with Crippen LogP contribution >= 0.6 is 11.3 Å². The van der Waals surface area contributed by atoms with E-state index in [2.05, 4.69) is 16.9 Å². The van der Waals surface area contributed by atoms with Crippen molar-refractivity contribution in [3.63, 3.8) is 0 Å². The number of aryl methyl sites for hydroxylation is 1. The van der Waals surface area contributed by atoms with Gasteiger partial charge in [-0.15, -0.1) is 0 Å². The number of thiazole rings is 1. The van der Waals surface area contributed by atoms with Crippen LogP contribution in [0, 0.1) is 6.92 Å². The summed E-state index contributed by atoms with van der Waals surface area (Å²) in [6.07, 6.45) is 9.68. The first-order chi connectivity index (χ1) is 14.5. The second-order valence-corrected chi connectivity index (χ2v) is 9.81. The van der Waals surface area contributed by atoms with E-state index in [0.29, 0.717) is 17.0 Å². The quantitative estimate of drug-likeness (QED) is 0.640. The lowest BCUT2D eigenvalue weighted by molar-refractivity contribution is 0.0410. The minimum absolute atomic E-state index is 0.0236. The van der Waals surface area contributed by atoms with E-state index in [-0.39, 0.29) is 11.6 Å². The molecule has 0 radical (unpaired) electrons. The lowest BCUT2D eigenvalue weighted by Crippen LogP contribution is -2.49. The SMILES string of the molecule is Cc1nn(C2CCCC2)cc1C=c1sc2n(c1=O)C1CC(C)(N=2)Oc2ccccc21. The van der Waals surface area contributed by atoms with Crippen molar-refractivity contribution in [1.29, 1.82) is 0 Å². The molecule has 2 atom stereocenters. The van der Waals surface area contributed by atoms with Crippen LogP contribution in [0.25, 0.3) is 6.08 Å². The molecule has 1 aliphatic carbocycles. The van der Waals surface area contributed by atoms with Gasteiger partial charge in [0.1, 0.15) is 5.75 Å². The Bertz CT molecular complexity index is 1330. The summed E-state index contributed by atoms with van der Waals surface area (Å²) >= 11 is 1.45. The maximum absolute atomic E-state index is 13.4. The highest BCUT2D eigenvalue weighted by Crippen LogP contribution is 2.42. The van der Waals surface area contributed by atoms with Gasteiger partial charge in [0.2, 0.25) is 5.72 Å².